The lowest BCUT2D eigenvalue weighted by atomic mass is 10.1. The minimum Gasteiger partial charge on any atom is -0.497 e. The van der Waals surface area contributed by atoms with Gasteiger partial charge in [-0.1, -0.05) is 6.07 Å². The van der Waals surface area contributed by atoms with Crippen LogP contribution in [0.15, 0.2) is 18.2 Å². The summed E-state index contributed by atoms with van der Waals surface area (Å²) in [4.78, 5) is 2.56. The molecule has 118 valence electrons. The van der Waals surface area contributed by atoms with Gasteiger partial charge in [0.2, 0.25) is 0 Å². The van der Waals surface area contributed by atoms with Crippen molar-refractivity contribution in [2.24, 2.45) is 0 Å². The number of hydrogen-bond donors (Lipinski definition) is 1. The Balaban J connectivity index is 1.94. The summed E-state index contributed by atoms with van der Waals surface area (Å²) in [7, 11) is 3.38. The van der Waals surface area contributed by atoms with E-state index in [4.69, 9.17) is 9.47 Å². The normalized spacial score (nSPS) is 18.5. The lowest BCUT2D eigenvalue weighted by molar-refractivity contribution is 0.246. The highest BCUT2D eigenvalue weighted by Gasteiger charge is 2.19. The van der Waals surface area contributed by atoms with Crippen molar-refractivity contribution in [3.05, 3.63) is 23.8 Å². The molecule has 0 bridgehead atoms. The summed E-state index contributed by atoms with van der Waals surface area (Å²) in [6.07, 6.45) is 2.68. The fraction of sp³-hybridized carbons (Fsp3) is 0.647. The summed E-state index contributed by atoms with van der Waals surface area (Å²) in [6.45, 7) is 7.96. The zero-order valence-corrected chi connectivity index (χ0v) is 13.7. The van der Waals surface area contributed by atoms with Gasteiger partial charge in [-0.05, 0) is 45.8 Å². The molecule has 2 unspecified atom stereocenters. The molecule has 1 fully saturated rings. The lowest BCUT2D eigenvalue weighted by Crippen LogP contribution is -2.39. The maximum absolute atomic E-state index is 5.49. The van der Waals surface area contributed by atoms with Crippen LogP contribution in [0.4, 0.5) is 0 Å². The standard InChI is InChI=1S/C17H28N2O2/c1-13(19-9-5-6-10-19)12-18-14(2)16-8-7-15(20-3)11-17(16)21-4/h7-8,11,13-14,18H,5-6,9-10,12H2,1-4H3. The molecule has 0 amide bonds. The second-order valence-corrected chi connectivity index (χ2v) is 5.83. The van der Waals surface area contributed by atoms with Gasteiger partial charge in [0.25, 0.3) is 0 Å². The van der Waals surface area contributed by atoms with Gasteiger partial charge in [-0.2, -0.15) is 0 Å². The molecule has 0 aromatic heterocycles. The van der Waals surface area contributed by atoms with Crippen molar-refractivity contribution < 1.29 is 9.47 Å². The van der Waals surface area contributed by atoms with Crippen molar-refractivity contribution in [1.82, 2.24) is 10.2 Å². The zero-order valence-electron chi connectivity index (χ0n) is 13.7. The molecule has 4 nitrogen and oxygen atoms in total. The predicted octanol–water partition coefficient (Wildman–Crippen LogP) is 2.84. The van der Waals surface area contributed by atoms with E-state index in [2.05, 4.69) is 30.1 Å². The Morgan fingerprint density at radius 1 is 1.14 bits per heavy atom. The number of hydrogen-bond acceptors (Lipinski definition) is 4. The number of benzene rings is 1. The first kappa shape index (κ1) is 16.1. The summed E-state index contributed by atoms with van der Waals surface area (Å²) in [6, 6.07) is 6.85. The van der Waals surface area contributed by atoms with E-state index in [9.17, 15) is 0 Å². The highest BCUT2D eigenvalue weighted by molar-refractivity contribution is 5.42. The van der Waals surface area contributed by atoms with Gasteiger partial charge >= 0.3 is 0 Å². The van der Waals surface area contributed by atoms with Gasteiger partial charge in [-0.3, -0.25) is 4.90 Å². The molecule has 1 aliphatic heterocycles. The van der Waals surface area contributed by atoms with Crippen LogP contribution in [0.3, 0.4) is 0 Å². The topological polar surface area (TPSA) is 33.7 Å². The Hall–Kier alpha value is -1.26. The molecule has 2 rings (SSSR count). The number of methoxy groups -OCH3 is 2. The third kappa shape index (κ3) is 4.11. The van der Waals surface area contributed by atoms with Gasteiger partial charge < -0.3 is 14.8 Å². The molecule has 4 heteroatoms. The number of ether oxygens (including phenoxy) is 2. The average Bonchev–Trinajstić information content (AvgIpc) is 3.06. The molecule has 1 aromatic carbocycles. The van der Waals surface area contributed by atoms with Crippen LogP contribution in [0.25, 0.3) is 0 Å². The number of nitrogens with zero attached hydrogens (tertiary/aromatic N) is 1. The quantitative estimate of drug-likeness (QED) is 0.838. The second kappa shape index (κ2) is 7.66. The zero-order chi connectivity index (χ0) is 15.2. The van der Waals surface area contributed by atoms with Gasteiger partial charge in [-0.25, -0.2) is 0 Å². The summed E-state index contributed by atoms with van der Waals surface area (Å²) in [5, 5.41) is 3.63. The van der Waals surface area contributed by atoms with Crippen LogP contribution in [0, 0.1) is 0 Å². The fourth-order valence-electron chi connectivity index (χ4n) is 2.94. The van der Waals surface area contributed by atoms with Crippen LogP contribution in [-0.2, 0) is 0 Å². The molecular formula is C17H28N2O2. The SMILES string of the molecule is COc1ccc(C(C)NCC(C)N2CCCC2)c(OC)c1. The van der Waals surface area contributed by atoms with Gasteiger partial charge in [0.05, 0.1) is 14.2 Å². The Kier molecular flexibility index (Phi) is 5.88. The van der Waals surface area contributed by atoms with Crippen molar-refractivity contribution in [2.75, 3.05) is 33.9 Å². The Morgan fingerprint density at radius 3 is 2.48 bits per heavy atom. The van der Waals surface area contributed by atoms with Crippen molar-refractivity contribution >= 4 is 0 Å². The molecule has 1 saturated heterocycles. The van der Waals surface area contributed by atoms with E-state index in [0.717, 1.165) is 18.0 Å². The van der Waals surface area contributed by atoms with Gasteiger partial charge in [-0.15, -0.1) is 0 Å². The Morgan fingerprint density at radius 2 is 1.86 bits per heavy atom. The first-order valence-corrected chi connectivity index (χ1v) is 7.85. The van der Waals surface area contributed by atoms with Gasteiger partial charge in [0, 0.05) is 30.3 Å². The molecule has 2 atom stereocenters. The predicted molar refractivity (Wildman–Crippen MR) is 86.2 cm³/mol. The maximum Gasteiger partial charge on any atom is 0.127 e. The van der Waals surface area contributed by atoms with E-state index in [0.29, 0.717) is 6.04 Å². The number of likely N-dealkylation sites (tertiary alicyclic amines) is 1. The van der Waals surface area contributed by atoms with E-state index in [1.54, 1.807) is 14.2 Å². The van der Waals surface area contributed by atoms with Crippen LogP contribution in [-0.4, -0.2) is 44.8 Å². The van der Waals surface area contributed by atoms with Crippen LogP contribution in [0.5, 0.6) is 11.5 Å². The minimum atomic E-state index is 0.260. The molecule has 0 aliphatic carbocycles. The molecule has 1 aromatic rings. The summed E-state index contributed by atoms with van der Waals surface area (Å²) >= 11 is 0. The van der Waals surface area contributed by atoms with E-state index in [1.165, 1.54) is 31.5 Å². The average molecular weight is 292 g/mol. The van der Waals surface area contributed by atoms with E-state index >= 15 is 0 Å². The van der Waals surface area contributed by atoms with Crippen molar-refractivity contribution in [1.29, 1.82) is 0 Å². The third-order valence-corrected chi connectivity index (χ3v) is 4.39. The summed E-state index contributed by atoms with van der Waals surface area (Å²) in [5.74, 6) is 1.71. The molecule has 0 saturated carbocycles. The van der Waals surface area contributed by atoms with Crippen molar-refractivity contribution in [2.45, 2.75) is 38.8 Å². The smallest absolute Gasteiger partial charge is 0.127 e. The molecule has 0 spiro atoms. The Bertz CT molecular complexity index is 444. The lowest BCUT2D eigenvalue weighted by Gasteiger charge is -2.26. The highest BCUT2D eigenvalue weighted by Crippen LogP contribution is 2.29. The van der Waals surface area contributed by atoms with E-state index in [1.807, 2.05) is 12.1 Å². The van der Waals surface area contributed by atoms with Crippen molar-refractivity contribution in [3.8, 4) is 11.5 Å². The highest BCUT2D eigenvalue weighted by atomic mass is 16.5. The van der Waals surface area contributed by atoms with Gasteiger partial charge in [0.1, 0.15) is 11.5 Å². The molecular weight excluding hydrogens is 264 g/mol. The van der Waals surface area contributed by atoms with Crippen LogP contribution >= 0.6 is 0 Å². The first-order valence-electron chi connectivity index (χ1n) is 7.85. The van der Waals surface area contributed by atoms with Crippen LogP contribution < -0.4 is 14.8 Å². The first-order chi connectivity index (χ1) is 10.2. The third-order valence-electron chi connectivity index (χ3n) is 4.39. The molecule has 0 radical (unpaired) electrons. The van der Waals surface area contributed by atoms with E-state index < -0.39 is 0 Å². The van der Waals surface area contributed by atoms with E-state index in [-0.39, 0.29) is 6.04 Å². The fourth-order valence-corrected chi connectivity index (χ4v) is 2.94. The summed E-state index contributed by atoms with van der Waals surface area (Å²) < 4.78 is 10.7. The molecule has 1 N–H and O–H groups in total. The van der Waals surface area contributed by atoms with Crippen LogP contribution in [0.1, 0.15) is 38.3 Å². The summed E-state index contributed by atoms with van der Waals surface area (Å²) in [5.41, 5.74) is 1.17. The van der Waals surface area contributed by atoms with Crippen LogP contribution in [0.2, 0.25) is 0 Å². The number of nitrogens with one attached hydrogen (secondary N) is 1. The van der Waals surface area contributed by atoms with Gasteiger partial charge in [0.15, 0.2) is 0 Å². The molecule has 1 heterocycles. The Labute approximate surface area is 128 Å². The largest absolute Gasteiger partial charge is 0.497 e. The molecule has 21 heavy (non-hydrogen) atoms. The monoisotopic (exact) mass is 292 g/mol. The second-order valence-electron chi connectivity index (χ2n) is 5.83. The number of rotatable bonds is 7. The maximum atomic E-state index is 5.49. The minimum absolute atomic E-state index is 0.260. The molecule has 1 aliphatic rings. The van der Waals surface area contributed by atoms with Crippen molar-refractivity contribution in [3.63, 3.8) is 0 Å².